The first-order valence-electron chi connectivity index (χ1n) is 6.26. The van der Waals surface area contributed by atoms with Gasteiger partial charge in [0.1, 0.15) is 17.2 Å². The molecule has 0 amide bonds. The molecule has 3 rings (SSSR count). The van der Waals surface area contributed by atoms with Gasteiger partial charge in [0.05, 0.1) is 16.7 Å². The summed E-state index contributed by atoms with van der Waals surface area (Å²) in [4.78, 5) is 0. The van der Waals surface area contributed by atoms with E-state index in [0.717, 1.165) is 10.8 Å². The first-order chi connectivity index (χ1) is 10.2. The molecule has 0 aliphatic rings. The first kappa shape index (κ1) is 13.3. The highest BCUT2D eigenvalue weighted by atomic mass is 35.5. The lowest BCUT2D eigenvalue weighted by molar-refractivity contribution is 0.476. The largest absolute Gasteiger partial charge is 0.508 e. The zero-order valence-electron chi connectivity index (χ0n) is 10.9. The molecule has 0 unspecified atom stereocenters. The molecule has 21 heavy (non-hydrogen) atoms. The van der Waals surface area contributed by atoms with Crippen LogP contribution in [0, 0.1) is 11.3 Å². The molecule has 0 fully saturated rings. The van der Waals surface area contributed by atoms with Crippen molar-refractivity contribution in [1.82, 2.24) is 0 Å². The second-order valence-corrected chi connectivity index (χ2v) is 4.96. The number of benzene rings is 3. The standard InChI is InChI=1S/C17H10ClNO2/c18-16-7-11(10-19)1-6-17(16)21-15-5-3-12-2-4-14(20)8-13(12)9-15/h1-9,20H. The summed E-state index contributed by atoms with van der Waals surface area (Å²) in [5.74, 6) is 1.30. The fourth-order valence-corrected chi connectivity index (χ4v) is 2.27. The smallest absolute Gasteiger partial charge is 0.146 e. The molecule has 0 saturated carbocycles. The number of aromatic hydroxyl groups is 1. The Morgan fingerprint density at radius 1 is 0.952 bits per heavy atom. The maximum absolute atomic E-state index is 9.52. The molecule has 3 aromatic carbocycles. The molecule has 0 radical (unpaired) electrons. The fourth-order valence-electron chi connectivity index (χ4n) is 2.06. The van der Waals surface area contributed by atoms with Gasteiger partial charge < -0.3 is 9.84 Å². The molecule has 1 N–H and O–H groups in total. The highest BCUT2D eigenvalue weighted by Crippen LogP contribution is 2.32. The van der Waals surface area contributed by atoms with Crippen LogP contribution in [0.4, 0.5) is 0 Å². The van der Waals surface area contributed by atoms with Crippen molar-refractivity contribution >= 4 is 22.4 Å². The van der Waals surface area contributed by atoms with Gasteiger partial charge in [-0.2, -0.15) is 5.26 Å². The van der Waals surface area contributed by atoms with Gasteiger partial charge in [-0.15, -0.1) is 0 Å². The molecule has 0 aliphatic carbocycles. The lowest BCUT2D eigenvalue weighted by Gasteiger charge is -2.09. The normalized spacial score (nSPS) is 10.3. The summed E-state index contributed by atoms with van der Waals surface area (Å²) in [6, 6.07) is 17.6. The van der Waals surface area contributed by atoms with E-state index in [9.17, 15) is 5.11 Å². The summed E-state index contributed by atoms with van der Waals surface area (Å²) in [5.41, 5.74) is 0.482. The summed E-state index contributed by atoms with van der Waals surface area (Å²) in [6.07, 6.45) is 0. The van der Waals surface area contributed by atoms with E-state index in [1.165, 1.54) is 0 Å². The lowest BCUT2D eigenvalue weighted by Crippen LogP contribution is -1.86. The van der Waals surface area contributed by atoms with Crippen LogP contribution in [0.15, 0.2) is 54.6 Å². The molecule has 4 heteroatoms. The van der Waals surface area contributed by atoms with Crippen molar-refractivity contribution in [2.45, 2.75) is 0 Å². The van der Waals surface area contributed by atoms with Crippen molar-refractivity contribution in [2.24, 2.45) is 0 Å². The maximum atomic E-state index is 9.52. The van der Waals surface area contributed by atoms with Crippen LogP contribution in [0.2, 0.25) is 5.02 Å². The molecule has 0 atom stereocenters. The van der Waals surface area contributed by atoms with Crippen molar-refractivity contribution in [3.8, 4) is 23.3 Å². The van der Waals surface area contributed by atoms with Crippen LogP contribution in [-0.4, -0.2) is 5.11 Å². The van der Waals surface area contributed by atoms with Gasteiger partial charge in [0, 0.05) is 0 Å². The molecule has 3 aromatic rings. The SMILES string of the molecule is N#Cc1ccc(Oc2ccc3ccc(O)cc3c2)c(Cl)c1. The van der Waals surface area contributed by atoms with Crippen molar-refractivity contribution in [3.05, 3.63) is 65.2 Å². The van der Waals surface area contributed by atoms with Crippen LogP contribution in [-0.2, 0) is 0 Å². The second-order valence-electron chi connectivity index (χ2n) is 4.55. The molecule has 102 valence electrons. The maximum Gasteiger partial charge on any atom is 0.146 e. The van der Waals surface area contributed by atoms with Crippen LogP contribution in [0.25, 0.3) is 10.8 Å². The Bertz CT molecular complexity index is 868. The Kier molecular flexibility index (Phi) is 3.39. The number of ether oxygens (including phenoxy) is 1. The Balaban J connectivity index is 1.96. The molecular weight excluding hydrogens is 286 g/mol. The van der Waals surface area contributed by atoms with Crippen LogP contribution >= 0.6 is 11.6 Å². The monoisotopic (exact) mass is 295 g/mol. The van der Waals surface area contributed by atoms with Crippen molar-refractivity contribution < 1.29 is 9.84 Å². The number of phenolic OH excluding ortho intramolecular Hbond substituents is 1. The van der Waals surface area contributed by atoms with Crippen molar-refractivity contribution in [3.63, 3.8) is 0 Å². The van der Waals surface area contributed by atoms with E-state index in [0.29, 0.717) is 22.1 Å². The molecule has 0 heterocycles. The summed E-state index contributed by atoms with van der Waals surface area (Å²) >= 11 is 6.09. The number of nitrogens with zero attached hydrogens (tertiary/aromatic N) is 1. The number of halogens is 1. The molecule has 0 aliphatic heterocycles. The van der Waals surface area contributed by atoms with Crippen LogP contribution < -0.4 is 4.74 Å². The van der Waals surface area contributed by atoms with Gasteiger partial charge >= 0.3 is 0 Å². The van der Waals surface area contributed by atoms with E-state index < -0.39 is 0 Å². The minimum Gasteiger partial charge on any atom is -0.508 e. The number of rotatable bonds is 2. The summed E-state index contributed by atoms with van der Waals surface area (Å²) in [5, 5.41) is 20.6. The highest BCUT2D eigenvalue weighted by Gasteiger charge is 2.05. The third-order valence-corrected chi connectivity index (χ3v) is 3.38. The fraction of sp³-hybridized carbons (Fsp3) is 0. The van der Waals surface area contributed by atoms with E-state index in [1.54, 1.807) is 30.3 Å². The van der Waals surface area contributed by atoms with Gasteiger partial charge in [-0.3, -0.25) is 0 Å². The molecule has 0 saturated heterocycles. The van der Waals surface area contributed by atoms with Crippen LogP contribution in [0.1, 0.15) is 5.56 Å². The van der Waals surface area contributed by atoms with Crippen LogP contribution in [0.5, 0.6) is 17.2 Å². The quantitative estimate of drug-likeness (QED) is 0.734. The van der Waals surface area contributed by atoms with Gasteiger partial charge in [0.15, 0.2) is 0 Å². The molecular formula is C17H10ClNO2. The summed E-state index contributed by atoms with van der Waals surface area (Å²) in [6.45, 7) is 0. The molecule has 0 spiro atoms. The van der Waals surface area contributed by atoms with Crippen molar-refractivity contribution in [2.75, 3.05) is 0 Å². The predicted octanol–water partition coefficient (Wildman–Crippen LogP) is 4.86. The molecule has 3 nitrogen and oxygen atoms in total. The predicted molar refractivity (Wildman–Crippen MR) is 81.9 cm³/mol. The number of nitriles is 1. The van der Waals surface area contributed by atoms with E-state index >= 15 is 0 Å². The van der Waals surface area contributed by atoms with Gasteiger partial charge in [-0.25, -0.2) is 0 Å². The van der Waals surface area contributed by atoms with Gasteiger partial charge in [-0.05, 0) is 53.2 Å². The third-order valence-electron chi connectivity index (χ3n) is 3.08. The van der Waals surface area contributed by atoms with Gasteiger partial charge in [0.25, 0.3) is 0 Å². The van der Waals surface area contributed by atoms with Gasteiger partial charge in [0.2, 0.25) is 0 Å². The van der Waals surface area contributed by atoms with Crippen molar-refractivity contribution in [1.29, 1.82) is 5.26 Å². The Morgan fingerprint density at radius 2 is 1.76 bits per heavy atom. The summed E-state index contributed by atoms with van der Waals surface area (Å²) < 4.78 is 5.73. The third kappa shape index (κ3) is 2.76. The average Bonchev–Trinajstić information content (AvgIpc) is 2.49. The minimum atomic E-state index is 0.205. The second kappa shape index (κ2) is 5.35. The lowest BCUT2D eigenvalue weighted by atomic mass is 10.1. The summed E-state index contributed by atoms with van der Waals surface area (Å²) in [7, 11) is 0. The molecule has 0 bridgehead atoms. The Morgan fingerprint density at radius 3 is 2.52 bits per heavy atom. The minimum absolute atomic E-state index is 0.205. The zero-order valence-corrected chi connectivity index (χ0v) is 11.6. The number of hydrogen-bond acceptors (Lipinski definition) is 3. The van der Waals surface area contributed by atoms with Crippen LogP contribution in [0.3, 0.4) is 0 Å². The number of hydrogen-bond donors (Lipinski definition) is 1. The van der Waals surface area contributed by atoms with E-state index in [2.05, 4.69) is 0 Å². The topological polar surface area (TPSA) is 53.2 Å². The number of phenols is 1. The van der Waals surface area contributed by atoms with Gasteiger partial charge in [-0.1, -0.05) is 23.7 Å². The average molecular weight is 296 g/mol. The first-order valence-corrected chi connectivity index (χ1v) is 6.64. The zero-order chi connectivity index (χ0) is 14.8. The Hall–Kier alpha value is -2.70. The highest BCUT2D eigenvalue weighted by molar-refractivity contribution is 6.32. The van der Waals surface area contributed by atoms with E-state index in [4.69, 9.17) is 21.6 Å². The molecule has 0 aromatic heterocycles. The Labute approximate surface area is 126 Å². The van der Waals surface area contributed by atoms with E-state index in [-0.39, 0.29) is 5.75 Å². The number of fused-ring (bicyclic) bond motifs is 1. The van der Waals surface area contributed by atoms with E-state index in [1.807, 2.05) is 30.3 Å².